The van der Waals surface area contributed by atoms with Gasteiger partial charge in [-0.15, -0.1) is 0 Å². The lowest BCUT2D eigenvalue weighted by Crippen LogP contribution is -2.31. The van der Waals surface area contributed by atoms with Crippen LogP contribution in [0, 0.1) is 13.8 Å². The number of hydrogen-bond donors (Lipinski definition) is 1. The first-order chi connectivity index (χ1) is 15.6. The SMILES string of the molecule is Cc1nn(Cc2ccccc2)c(C)c1CCC(=O)N1CCC[C@@H]1c1nc2ccccc2[nH]1. The van der Waals surface area contributed by atoms with Crippen LogP contribution in [0.2, 0.25) is 0 Å². The molecule has 0 bridgehead atoms. The maximum atomic E-state index is 13.2. The zero-order chi connectivity index (χ0) is 22.1. The third-order valence-electron chi connectivity index (χ3n) is 6.59. The van der Waals surface area contributed by atoms with Crippen LogP contribution < -0.4 is 0 Å². The summed E-state index contributed by atoms with van der Waals surface area (Å²) in [7, 11) is 0. The fourth-order valence-corrected chi connectivity index (χ4v) is 4.86. The number of likely N-dealkylation sites (tertiary alicyclic amines) is 1. The molecule has 32 heavy (non-hydrogen) atoms. The highest BCUT2D eigenvalue weighted by Gasteiger charge is 2.32. The first kappa shape index (κ1) is 20.5. The van der Waals surface area contributed by atoms with Gasteiger partial charge in [0, 0.05) is 18.7 Å². The number of nitrogens with zero attached hydrogens (tertiary/aromatic N) is 4. The summed E-state index contributed by atoms with van der Waals surface area (Å²) < 4.78 is 2.05. The molecule has 1 aliphatic heterocycles. The predicted molar refractivity (Wildman–Crippen MR) is 125 cm³/mol. The van der Waals surface area contributed by atoms with E-state index in [0.717, 1.165) is 54.2 Å². The summed E-state index contributed by atoms with van der Waals surface area (Å²) >= 11 is 0. The lowest BCUT2D eigenvalue weighted by molar-refractivity contribution is -0.132. The number of nitrogens with one attached hydrogen (secondary N) is 1. The molecule has 1 fully saturated rings. The van der Waals surface area contributed by atoms with Gasteiger partial charge in [0.15, 0.2) is 0 Å². The number of carbonyl (C=O) groups excluding carboxylic acids is 1. The monoisotopic (exact) mass is 427 g/mol. The van der Waals surface area contributed by atoms with Gasteiger partial charge in [-0.05, 0) is 56.4 Å². The average Bonchev–Trinajstić information content (AvgIpc) is 3.51. The third-order valence-corrected chi connectivity index (χ3v) is 6.59. The summed E-state index contributed by atoms with van der Waals surface area (Å²) in [5.74, 6) is 1.10. The Kier molecular flexibility index (Phi) is 5.52. The average molecular weight is 428 g/mol. The Hall–Kier alpha value is -3.41. The quantitative estimate of drug-likeness (QED) is 0.484. The van der Waals surface area contributed by atoms with Crippen LogP contribution in [0.4, 0.5) is 0 Å². The lowest BCUT2D eigenvalue weighted by atomic mass is 10.1. The van der Waals surface area contributed by atoms with Crippen LogP contribution in [0.1, 0.15) is 53.6 Å². The number of carbonyl (C=O) groups is 1. The number of rotatable bonds is 6. The van der Waals surface area contributed by atoms with Crippen molar-refractivity contribution in [3.8, 4) is 0 Å². The molecule has 0 saturated carbocycles. The largest absolute Gasteiger partial charge is 0.340 e. The van der Waals surface area contributed by atoms with Crippen LogP contribution in [0.3, 0.4) is 0 Å². The lowest BCUT2D eigenvalue weighted by Gasteiger charge is -2.23. The van der Waals surface area contributed by atoms with Crippen LogP contribution in [0.15, 0.2) is 54.6 Å². The van der Waals surface area contributed by atoms with Gasteiger partial charge < -0.3 is 9.88 Å². The number of H-pyrrole nitrogens is 1. The van der Waals surface area contributed by atoms with Crippen LogP contribution >= 0.6 is 0 Å². The Morgan fingerprint density at radius 1 is 1.09 bits per heavy atom. The van der Waals surface area contributed by atoms with Gasteiger partial charge in [-0.25, -0.2) is 4.98 Å². The van der Waals surface area contributed by atoms with E-state index < -0.39 is 0 Å². The molecule has 0 aliphatic carbocycles. The molecule has 1 atom stereocenters. The molecule has 164 valence electrons. The maximum Gasteiger partial charge on any atom is 0.223 e. The number of aromatic nitrogens is 4. The second kappa shape index (κ2) is 8.61. The summed E-state index contributed by atoms with van der Waals surface area (Å²) in [6, 6.07) is 18.4. The smallest absolute Gasteiger partial charge is 0.223 e. The third kappa shape index (κ3) is 3.93. The Balaban J connectivity index is 1.28. The number of hydrogen-bond acceptors (Lipinski definition) is 3. The number of aryl methyl sites for hydroxylation is 1. The van der Waals surface area contributed by atoms with E-state index in [1.165, 1.54) is 11.1 Å². The Labute approximate surface area is 188 Å². The summed E-state index contributed by atoms with van der Waals surface area (Å²) in [6.07, 6.45) is 3.18. The highest BCUT2D eigenvalue weighted by molar-refractivity contribution is 5.78. The van der Waals surface area contributed by atoms with Crippen molar-refractivity contribution < 1.29 is 4.79 Å². The topological polar surface area (TPSA) is 66.8 Å². The van der Waals surface area contributed by atoms with Crippen LogP contribution in [-0.4, -0.2) is 37.1 Å². The van der Waals surface area contributed by atoms with Crippen molar-refractivity contribution in [1.29, 1.82) is 0 Å². The highest BCUT2D eigenvalue weighted by Crippen LogP contribution is 2.32. The minimum atomic E-state index is 0.0397. The Morgan fingerprint density at radius 2 is 1.88 bits per heavy atom. The van der Waals surface area contributed by atoms with Crippen molar-refractivity contribution in [3.05, 3.63) is 82.9 Å². The van der Waals surface area contributed by atoms with Crippen molar-refractivity contribution in [2.75, 3.05) is 6.54 Å². The van der Waals surface area contributed by atoms with Crippen molar-refractivity contribution >= 4 is 16.9 Å². The van der Waals surface area contributed by atoms with Gasteiger partial charge in [-0.3, -0.25) is 9.48 Å². The minimum absolute atomic E-state index is 0.0397. The number of aromatic amines is 1. The number of imidazole rings is 1. The van der Waals surface area contributed by atoms with E-state index in [0.29, 0.717) is 12.8 Å². The summed E-state index contributed by atoms with van der Waals surface area (Å²) in [6.45, 7) is 5.70. The normalized spacial score (nSPS) is 16.2. The van der Waals surface area contributed by atoms with E-state index >= 15 is 0 Å². The summed E-state index contributed by atoms with van der Waals surface area (Å²) in [4.78, 5) is 23.4. The van der Waals surface area contributed by atoms with Gasteiger partial charge in [-0.1, -0.05) is 42.5 Å². The predicted octanol–water partition coefficient (Wildman–Crippen LogP) is 4.72. The number of para-hydroxylation sites is 2. The Bertz CT molecular complexity index is 1210. The molecule has 1 N–H and O–H groups in total. The molecule has 0 spiro atoms. The number of amides is 1. The zero-order valence-corrected chi connectivity index (χ0v) is 18.7. The van der Waals surface area contributed by atoms with Crippen molar-refractivity contribution in [2.24, 2.45) is 0 Å². The first-order valence-corrected chi connectivity index (χ1v) is 11.4. The zero-order valence-electron chi connectivity index (χ0n) is 18.7. The first-order valence-electron chi connectivity index (χ1n) is 11.4. The van der Waals surface area contributed by atoms with E-state index in [1.807, 2.05) is 42.2 Å². The maximum absolute atomic E-state index is 13.2. The van der Waals surface area contributed by atoms with Crippen LogP contribution in [0.5, 0.6) is 0 Å². The van der Waals surface area contributed by atoms with Gasteiger partial charge in [0.1, 0.15) is 5.82 Å². The van der Waals surface area contributed by atoms with Crippen LogP contribution in [0.25, 0.3) is 11.0 Å². The molecule has 0 unspecified atom stereocenters. The number of benzene rings is 2. The van der Waals surface area contributed by atoms with E-state index in [4.69, 9.17) is 10.1 Å². The van der Waals surface area contributed by atoms with Gasteiger partial charge in [0.25, 0.3) is 0 Å². The molecule has 2 aromatic carbocycles. The van der Waals surface area contributed by atoms with Crippen LogP contribution in [-0.2, 0) is 17.8 Å². The summed E-state index contributed by atoms with van der Waals surface area (Å²) in [5, 5.41) is 4.74. The van der Waals surface area contributed by atoms with Crippen molar-refractivity contribution in [3.63, 3.8) is 0 Å². The molecule has 6 heteroatoms. The van der Waals surface area contributed by atoms with Gasteiger partial charge in [-0.2, -0.15) is 5.10 Å². The fraction of sp³-hybridized carbons (Fsp3) is 0.346. The molecule has 3 heterocycles. The van der Waals surface area contributed by atoms with E-state index in [1.54, 1.807) is 0 Å². The Morgan fingerprint density at radius 3 is 2.69 bits per heavy atom. The molecule has 1 saturated heterocycles. The van der Waals surface area contributed by atoms with E-state index in [2.05, 4.69) is 40.9 Å². The molecule has 1 aliphatic rings. The second-order valence-corrected chi connectivity index (χ2v) is 8.68. The van der Waals surface area contributed by atoms with Gasteiger partial charge in [0.2, 0.25) is 5.91 Å². The molecule has 2 aromatic heterocycles. The van der Waals surface area contributed by atoms with Gasteiger partial charge >= 0.3 is 0 Å². The molecule has 1 amide bonds. The van der Waals surface area contributed by atoms with Gasteiger partial charge in [0.05, 0.1) is 29.3 Å². The standard InChI is InChI=1S/C26H29N5O/c1-18-21(19(2)31(29-18)17-20-9-4-3-5-10-20)14-15-25(32)30-16-8-13-24(30)26-27-22-11-6-7-12-23(22)28-26/h3-7,9-12,24H,8,13-17H2,1-2H3,(H,27,28)/t24-/m1/s1. The second-order valence-electron chi connectivity index (χ2n) is 8.68. The highest BCUT2D eigenvalue weighted by atomic mass is 16.2. The molecular weight excluding hydrogens is 398 g/mol. The molecular formula is C26H29N5O. The van der Waals surface area contributed by atoms with Crippen molar-refractivity contribution in [2.45, 2.75) is 52.1 Å². The molecule has 4 aromatic rings. The fourth-order valence-electron chi connectivity index (χ4n) is 4.86. The van der Waals surface area contributed by atoms with Crippen molar-refractivity contribution in [1.82, 2.24) is 24.6 Å². The number of fused-ring (bicyclic) bond motifs is 1. The van der Waals surface area contributed by atoms with E-state index in [9.17, 15) is 4.79 Å². The minimum Gasteiger partial charge on any atom is -0.340 e. The summed E-state index contributed by atoms with van der Waals surface area (Å²) in [5.41, 5.74) is 6.56. The van der Waals surface area contributed by atoms with E-state index in [-0.39, 0.29) is 11.9 Å². The molecule has 5 rings (SSSR count). The molecule has 6 nitrogen and oxygen atoms in total. The molecule has 0 radical (unpaired) electrons.